The number of hydrogen-bond acceptors (Lipinski definition) is 5. The normalized spacial score (nSPS) is 21.6. The number of nitrogens with zero attached hydrogens (tertiary/aromatic N) is 4. The van der Waals surface area contributed by atoms with Crippen LogP contribution in [0.15, 0.2) is 24.3 Å². The third kappa shape index (κ3) is 4.03. The van der Waals surface area contributed by atoms with Crippen LogP contribution in [0, 0.1) is 11.3 Å². The molecule has 2 heterocycles. The molecule has 30 heavy (non-hydrogen) atoms. The van der Waals surface area contributed by atoms with Crippen LogP contribution in [0.4, 0.5) is 4.79 Å². The van der Waals surface area contributed by atoms with E-state index in [0.717, 1.165) is 49.4 Å². The molecule has 1 saturated carbocycles. The van der Waals surface area contributed by atoms with E-state index in [2.05, 4.69) is 16.3 Å². The Morgan fingerprint density at radius 1 is 1.03 bits per heavy atom. The van der Waals surface area contributed by atoms with Gasteiger partial charge < -0.3 is 10.2 Å². The Morgan fingerprint density at radius 3 is 2.33 bits per heavy atom. The van der Waals surface area contributed by atoms with E-state index in [0.29, 0.717) is 31.5 Å². The third-order valence-corrected chi connectivity index (χ3v) is 6.46. The number of imide groups is 1. The minimum absolute atomic E-state index is 0.176. The monoisotopic (exact) mass is 409 g/mol. The molecular formula is C22H27N5O3. The first-order valence-electron chi connectivity index (χ1n) is 10.6. The van der Waals surface area contributed by atoms with Crippen molar-refractivity contribution in [1.82, 2.24) is 20.0 Å². The molecule has 4 rings (SSSR count). The average molecular weight is 409 g/mol. The van der Waals surface area contributed by atoms with E-state index in [-0.39, 0.29) is 18.4 Å². The minimum Gasteiger partial charge on any atom is -0.339 e. The van der Waals surface area contributed by atoms with E-state index in [4.69, 9.17) is 5.26 Å². The van der Waals surface area contributed by atoms with Crippen LogP contribution in [0.2, 0.25) is 0 Å². The molecule has 8 nitrogen and oxygen atoms in total. The summed E-state index contributed by atoms with van der Waals surface area (Å²) < 4.78 is 0. The van der Waals surface area contributed by atoms with Crippen LogP contribution in [0.5, 0.6) is 0 Å². The molecule has 0 unspecified atom stereocenters. The Labute approximate surface area is 176 Å². The van der Waals surface area contributed by atoms with Gasteiger partial charge >= 0.3 is 6.03 Å². The second-order valence-corrected chi connectivity index (χ2v) is 8.43. The summed E-state index contributed by atoms with van der Waals surface area (Å²) in [4.78, 5) is 43.1. The van der Waals surface area contributed by atoms with E-state index in [1.54, 1.807) is 4.90 Å². The predicted molar refractivity (Wildman–Crippen MR) is 109 cm³/mol. The summed E-state index contributed by atoms with van der Waals surface area (Å²) in [7, 11) is 0. The molecule has 0 radical (unpaired) electrons. The average Bonchev–Trinajstić information content (AvgIpc) is 2.99. The molecule has 0 bridgehead atoms. The standard InChI is InChI=1S/C22H27N5O3/c23-14-17-4-6-18(7-5-17)15-25-10-12-26(13-11-25)19(28)16-27-20(29)22(24-21(27)30)8-2-1-3-9-22/h4-7H,1-3,8-13,15-16H2,(H,24,30). The molecule has 0 atom stereocenters. The molecule has 1 N–H and O–H groups in total. The highest BCUT2D eigenvalue weighted by atomic mass is 16.2. The summed E-state index contributed by atoms with van der Waals surface area (Å²) >= 11 is 0. The van der Waals surface area contributed by atoms with Crippen molar-refractivity contribution in [1.29, 1.82) is 5.26 Å². The van der Waals surface area contributed by atoms with Crippen LogP contribution in [0.25, 0.3) is 0 Å². The van der Waals surface area contributed by atoms with E-state index in [1.165, 1.54) is 0 Å². The fraction of sp³-hybridized carbons (Fsp3) is 0.545. The number of piperazine rings is 1. The molecule has 3 aliphatic rings. The maximum absolute atomic E-state index is 12.9. The van der Waals surface area contributed by atoms with Crippen LogP contribution in [-0.2, 0) is 16.1 Å². The van der Waals surface area contributed by atoms with Crippen molar-refractivity contribution in [2.75, 3.05) is 32.7 Å². The molecule has 8 heteroatoms. The van der Waals surface area contributed by atoms with Crippen LogP contribution in [-0.4, -0.2) is 70.8 Å². The Hall–Kier alpha value is -2.92. The molecule has 2 aliphatic heterocycles. The number of rotatable bonds is 4. The largest absolute Gasteiger partial charge is 0.339 e. The van der Waals surface area contributed by atoms with Gasteiger partial charge in [-0.1, -0.05) is 31.4 Å². The fourth-order valence-electron chi connectivity index (χ4n) is 4.65. The van der Waals surface area contributed by atoms with Gasteiger partial charge in [0.1, 0.15) is 12.1 Å². The molecule has 2 saturated heterocycles. The second kappa shape index (κ2) is 8.44. The van der Waals surface area contributed by atoms with Gasteiger partial charge in [-0.2, -0.15) is 5.26 Å². The van der Waals surface area contributed by atoms with Crippen molar-refractivity contribution in [3.8, 4) is 6.07 Å². The van der Waals surface area contributed by atoms with Gasteiger partial charge in [0.05, 0.1) is 11.6 Å². The number of benzene rings is 1. The van der Waals surface area contributed by atoms with E-state index >= 15 is 0 Å². The lowest BCUT2D eigenvalue weighted by Gasteiger charge is -2.35. The van der Waals surface area contributed by atoms with E-state index in [9.17, 15) is 14.4 Å². The number of amides is 4. The molecule has 1 aromatic rings. The molecular weight excluding hydrogens is 382 g/mol. The zero-order valence-electron chi connectivity index (χ0n) is 17.1. The van der Waals surface area contributed by atoms with Crippen molar-refractivity contribution in [2.45, 2.75) is 44.2 Å². The topological polar surface area (TPSA) is 96.8 Å². The summed E-state index contributed by atoms with van der Waals surface area (Å²) in [6.45, 7) is 3.20. The summed E-state index contributed by atoms with van der Waals surface area (Å²) in [6, 6.07) is 9.21. The van der Waals surface area contributed by atoms with E-state index < -0.39 is 11.6 Å². The zero-order valence-corrected chi connectivity index (χ0v) is 17.1. The smallest absolute Gasteiger partial charge is 0.325 e. The highest BCUT2D eigenvalue weighted by Crippen LogP contribution is 2.33. The lowest BCUT2D eigenvalue weighted by Crippen LogP contribution is -2.52. The van der Waals surface area contributed by atoms with Gasteiger partial charge in [-0.25, -0.2) is 4.79 Å². The van der Waals surface area contributed by atoms with Gasteiger partial charge in [-0.15, -0.1) is 0 Å². The summed E-state index contributed by atoms with van der Waals surface area (Å²) in [5, 5.41) is 11.7. The number of nitriles is 1. The molecule has 1 aliphatic carbocycles. The van der Waals surface area contributed by atoms with Gasteiger partial charge in [-0.3, -0.25) is 19.4 Å². The Balaban J connectivity index is 1.28. The van der Waals surface area contributed by atoms with Crippen LogP contribution in [0.1, 0.15) is 43.2 Å². The number of urea groups is 1. The number of carbonyl (C=O) groups excluding carboxylic acids is 3. The van der Waals surface area contributed by atoms with E-state index in [1.807, 2.05) is 24.3 Å². The van der Waals surface area contributed by atoms with Crippen molar-refractivity contribution in [3.63, 3.8) is 0 Å². The lowest BCUT2D eigenvalue weighted by atomic mass is 9.82. The quantitative estimate of drug-likeness (QED) is 0.760. The Kier molecular flexibility index (Phi) is 5.73. The highest BCUT2D eigenvalue weighted by Gasteiger charge is 2.51. The van der Waals surface area contributed by atoms with Gasteiger partial charge in [0, 0.05) is 32.7 Å². The molecule has 1 aromatic carbocycles. The molecule has 1 spiro atoms. The summed E-state index contributed by atoms with van der Waals surface area (Å²) in [5.41, 5.74) is 0.991. The number of carbonyl (C=O) groups is 3. The highest BCUT2D eigenvalue weighted by molar-refractivity contribution is 6.09. The minimum atomic E-state index is -0.782. The summed E-state index contributed by atoms with van der Waals surface area (Å²) in [5.74, 6) is -0.413. The summed E-state index contributed by atoms with van der Waals surface area (Å²) in [6.07, 6.45) is 4.26. The third-order valence-electron chi connectivity index (χ3n) is 6.46. The number of nitrogens with one attached hydrogen (secondary N) is 1. The van der Waals surface area contributed by atoms with Crippen molar-refractivity contribution < 1.29 is 14.4 Å². The first-order chi connectivity index (χ1) is 14.5. The van der Waals surface area contributed by atoms with Crippen molar-refractivity contribution in [3.05, 3.63) is 35.4 Å². The Bertz CT molecular complexity index is 862. The zero-order chi connectivity index (χ0) is 21.1. The first-order valence-corrected chi connectivity index (χ1v) is 10.6. The van der Waals surface area contributed by atoms with Crippen molar-refractivity contribution >= 4 is 17.8 Å². The van der Waals surface area contributed by atoms with Crippen molar-refractivity contribution in [2.24, 2.45) is 0 Å². The van der Waals surface area contributed by atoms with Gasteiger partial charge in [0.15, 0.2) is 0 Å². The van der Waals surface area contributed by atoms with Crippen LogP contribution >= 0.6 is 0 Å². The second-order valence-electron chi connectivity index (χ2n) is 8.43. The van der Waals surface area contributed by atoms with Gasteiger partial charge in [0.25, 0.3) is 5.91 Å². The van der Waals surface area contributed by atoms with Crippen LogP contribution in [0.3, 0.4) is 0 Å². The first kappa shape index (κ1) is 20.4. The maximum Gasteiger partial charge on any atom is 0.325 e. The van der Waals surface area contributed by atoms with Gasteiger partial charge in [-0.05, 0) is 30.5 Å². The van der Waals surface area contributed by atoms with Gasteiger partial charge in [0.2, 0.25) is 5.91 Å². The fourth-order valence-corrected chi connectivity index (χ4v) is 4.65. The SMILES string of the molecule is N#Cc1ccc(CN2CCN(C(=O)CN3C(=O)NC4(CCCCC4)C3=O)CC2)cc1. The molecule has 0 aromatic heterocycles. The molecule has 158 valence electrons. The lowest BCUT2D eigenvalue weighted by molar-refractivity contribution is -0.140. The molecule has 3 fully saturated rings. The predicted octanol–water partition coefficient (Wildman–Crippen LogP) is 1.46. The molecule has 4 amide bonds. The van der Waals surface area contributed by atoms with Crippen LogP contribution < -0.4 is 5.32 Å². The maximum atomic E-state index is 12.9. The number of hydrogen-bond donors (Lipinski definition) is 1. The Morgan fingerprint density at radius 2 is 1.70 bits per heavy atom.